The average molecular weight is 279 g/mol. The smallest absolute Gasteiger partial charge is 0.226 e. The molecule has 4 atom stereocenters. The summed E-state index contributed by atoms with van der Waals surface area (Å²) in [6, 6.07) is 0.852. The van der Waals surface area contributed by atoms with E-state index in [1.54, 1.807) is 0 Å². The van der Waals surface area contributed by atoms with Gasteiger partial charge in [-0.1, -0.05) is 13.3 Å². The lowest BCUT2D eigenvalue weighted by atomic mass is 9.77. The molecule has 2 saturated heterocycles. The van der Waals surface area contributed by atoms with Crippen molar-refractivity contribution in [3.63, 3.8) is 0 Å². The van der Waals surface area contributed by atoms with Crippen LogP contribution in [0, 0.1) is 11.8 Å². The monoisotopic (exact) mass is 279 g/mol. The van der Waals surface area contributed by atoms with Crippen LogP contribution < -0.4 is 5.73 Å². The van der Waals surface area contributed by atoms with E-state index in [2.05, 4.69) is 16.7 Å². The van der Waals surface area contributed by atoms with Gasteiger partial charge < -0.3 is 10.6 Å². The first-order chi connectivity index (χ1) is 9.65. The maximum Gasteiger partial charge on any atom is 0.226 e. The van der Waals surface area contributed by atoms with Crippen molar-refractivity contribution in [3.05, 3.63) is 0 Å². The topological polar surface area (TPSA) is 49.6 Å². The Morgan fingerprint density at radius 3 is 2.80 bits per heavy atom. The first kappa shape index (κ1) is 14.3. The van der Waals surface area contributed by atoms with Crippen LogP contribution in [0.4, 0.5) is 0 Å². The van der Waals surface area contributed by atoms with Crippen LogP contribution in [-0.2, 0) is 4.79 Å². The zero-order valence-corrected chi connectivity index (χ0v) is 12.8. The van der Waals surface area contributed by atoms with Crippen LogP contribution in [0.25, 0.3) is 0 Å². The number of hydrogen-bond donors (Lipinski definition) is 1. The Hall–Kier alpha value is -0.610. The molecular formula is C16H29N3O. The first-order valence-electron chi connectivity index (χ1n) is 8.43. The summed E-state index contributed by atoms with van der Waals surface area (Å²) < 4.78 is 0. The molecule has 1 amide bonds. The molecule has 0 aromatic heterocycles. The summed E-state index contributed by atoms with van der Waals surface area (Å²) in [7, 11) is 0. The molecule has 0 bridgehead atoms. The molecule has 4 nitrogen and oxygen atoms in total. The minimum Gasteiger partial charge on any atom is -0.340 e. The summed E-state index contributed by atoms with van der Waals surface area (Å²) in [6.45, 7) is 6.41. The highest BCUT2D eigenvalue weighted by molar-refractivity contribution is 5.79. The summed E-state index contributed by atoms with van der Waals surface area (Å²) in [5.41, 5.74) is 6.08. The number of amides is 1. The highest BCUT2D eigenvalue weighted by Crippen LogP contribution is 2.31. The number of carbonyl (C=O) groups is 1. The summed E-state index contributed by atoms with van der Waals surface area (Å²) in [6.07, 6.45) is 7.02. The third-order valence-electron chi connectivity index (χ3n) is 5.70. The molecule has 1 aliphatic carbocycles. The van der Waals surface area contributed by atoms with E-state index in [0.717, 1.165) is 38.9 Å². The van der Waals surface area contributed by atoms with Crippen LogP contribution >= 0.6 is 0 Å². The SMILES string of the molecule is CC1CCC(N)CC1C(=O)N1CCN2CCCCC2C1. The molecule has 3 rings (SSSR count). The van der Waals surface area contributed by atoms with Crippen molar-refractivity contribution in [2.75, 3.05) is 26.2 Å². The van der Waals surface area contributed by atoms with E-state index in [0.29, 0.717) is 17.9 Å². The predicted octanol–water partition coefficient (Wildman–Crippen LogP) is 1.45. The van der Waals surface area contributed by atoms with Crippen molar-refractivity contribution in [2.45, 2.75) is 57.5 Å². The van der Waals surface area contributed by atoms with Gasteiger partial charge in [-0.15, -0.1) is 0 Å². The lowest BCUT2D eigenvalue weighted by Gasteiger charge is -2.45. The van der Waals surface area contributed by atoms with E-state index in [9.17, 15) is 4.79 Å². The highest BCUT2D eigenvalue weighted by Gasteiger charge is 2.37. The van der Waals surface area contributed by atoms with Crippen LogP contribution in [0.1, 0.15) is 45.4 Å². The van der Waals surface area contributed by atoms with Crippen molar-refractivity contribution in [1.29, 1.82) is 0 Å². The van der Waals surface area contributed by atoms with Gasteiger partial charge in [0, 0.05) is 37.6 Å². The molecule has 3 aliphatic rings. The molecule has 2 N–H and O–H groups in total. The van der Waals surface area contributed by atoms with Crippen molar-refractivity contribution < 1.29 is 4.79 Å². The molecule has 0 aromatic carbocycles. The quantitative estimate of drug-likeness (QED) is 0.790. The molecule has 2 aliphatic heterocycles. The number of piperidine rings is 1. The van der Waals surface area contributed by atoms with Crippen LogP contribution in [0.2, 0.25) is 0 Å². The fourth-order valence-corrected chi connectivity index (χ4v) is 4.29. The average Bonchev–Trinajstić information content (AvgIpc) is 2.48. The van der Waals surface area contributed by atoms with Gasteiger partial charge in [-0.2, -0.15) is 0 Å². The Balaban J connectivity index is 1.62. The largest absolute Gasteiger partial charge is 0.340 e. The third-order valence-corrected chi connectivity index (χ3v) is 5.70. The summed E-state index contributed by atoms with van der Waals surface area (Å²) >= 11 is 0. The van der Waals surface area contributed by atoms with Crippen LogP contribution in [-0.4, -0.2) is 54.0 Å². The van der Waals surface area contributed by atoms with E-state index in [1.165, 1.54) is 25.8 Å². The Kier molecular flexibility index (Phi) is 4.32. The van der Waals surface area contributed by atoms with E-state index in [1.807, 2.05) is 0 Å². The Bertz CT molecular complexity index is 360. The van der Waals surface area contributed by atoms with Gasteiger partial charge in [-0.3, -0.25) is 9.69 Å². The zero-order chi connectivity index (χ0) is 14.1. The number of hydrogen-bond acceptors (Lipinski definition) is 3. The van der Waals surface area contributed by atoms with E-state index >= 15 is 0 Å². The summed E-state index contributed by atoms with van der Waals surface area (Å²) in [5, 5.41) is 0. The molecule has 0 spiro atoms. The molecule has 4 heteroatoms. The maximum absolute atomic E-state index is 12.8. The normalized spacial score (nSPS) is 39.4. The second kappa shape index (κ2) is 6.02. The second-order valence-corrected chi connectivity index (χ2v) is 7.13. The van der Waals surface area contributed by atoms with Crippen LogP contribution in [0.3, 0.4) is 0 Å². The zero-order valence-electron chi connectivity index (χ0n) is 12.8. The second-order valence-electron chi connectivity index (χ2n) is 7.13. The number of carbonyl (C=O) groups excluding carboxylic acids is 1. The van der Waals surface area contributed by atoms with Gasteiger partial charge in [-0.05, 0) is 44.6 Å². The van der Waals surface area contributed by atoms with Crippen molar-refractivity contribution in [3.8, 4) is 0 Å². The Morgan fingerprint density at radius 2 is 1.95 bits per heavy atom. The number of rotatable bonds is 1. The van der Waals surface area contributed by atoms with Crippen molar-refractivity contribution in [2.24, 2.45) is 17.6 Å². The van der Waals surface area contributed by atoms with Crippen LogP contribution in [0.5, 0.6) is 0 Å². The molecular weight excluding hydrogens is 250 g/mol. The van der Waals surface area contributed by atoms with Gasteiger partial charge in [0.05, 0.1) is 0 Å². The molecule has 20 heavy (non-hydrogen) atoms. The lowest BCUT2D eigenvalue weighted by Crippen LogP contribution is -2.58. The first-order valence-corrected chi connectivity index (χ1v) is 8.43. The molecule has 2 heterocycles. The van der Waals surface area contributed by atoms with E-state index in [4.69, 9.17) is 5.73 Å². The van der Waals surface area contributed by atoms with Gasteiger partial charge in [0.25, 0.3) is 0 Å². The minimum absolute atomic E-state index is 0.175. The molecule has 1 saturated carbocycles. The fourth-order valence-electron chi connectivity index (χ4n) is 4.29. The van der Waals surface area contributed by atoms with Gasteiger partial charge in [0.2, 0.25) is 5.91 Å². The Labute approximate surface area is 122 Å². The standard InChI is InChI=1S/C16H29N3O/c1-12-5-6-13(17)10-15(12)16(20)19-9-8-18-7-3-2-4-14(18)11-19/h12-15H,2-11,17H2,1H3. The van der Waals surface area contributed by atoms with Crippen molar-refractivity contribution >= 4 is 5.91 Å². The Morgan fingerprint density at radius 1 is 1.10 bits per heavy atom. The maximum atomic E-state index is 12.8. The minimum atomic E-state index is 0.175. The number of piperazine rings is 1. The number of nitrogens with zero attached hydrogens (tertiary/aromatic N) is 2. The molecule has 3 fully saturated rings. The highest BCUT2D eigenvalue weighted by atomic mass is 16.2. The molecule has 0 aromatic rings. The number of nitrogens with two attached hydrogens (primary N) is 1. The van der Waals surface area contributed by atoms with Crippen molar-refractivity contribution in [1.82, 2.24) is 9.80 Å². The van der Waals surface area contributed by atoms with Gasteiger partial charge in [0.15, 0.2) is 0 Å². The molecule has 4 unspecified atom stereocenters. The van der Waals surface area contributed by atoms with E-state index in [-0.39, 0.29) is 12.0 Å². The van der Waals surface area contributed by atoms with E-state index < -0.39 is 0 Å². The third kappa shape index (κ3) is 2.86. The van der Waals surface area contributed by atoms with Gasteiger partial charge >= 0.3 is 0 Å². The summed E-state index contributed by atoms with van der Waals surface area (Å²) in [5.74, 6) is 1.07. The molecule has 0 radical (unpaired) electrons. The molecule has 114 valence electrons. The lowest BCUT2D eigenvalue weighted by molar-refractivity contribution is -0.142. The fraction of sp³-hybridized carbons (Fsp3) is 0.938. The number of fused-ring (bicyclic) bond motifs is 1. The van der Waals surface area contributed by atoms with Crippen LogP contribution in [0.15, 0.2) is 0 Å². The summed E-state index contributed by atoms with van der Waals surface area (Å²) in [4.78, 5) is 17.6. The van der Waals surface area contributed by atoms with Gasteiger partial charge in [0.1, 0.15) is 0 Å². The predicted molar refractivity (Wildman–Crippen MR) is 80.3 cm³/mol. The van der Waals surface area contributed by atoms with Gasteiger partial charge in [-0.25, -0.2) is 0 Å².